The highest BCUT2D eigenvalue weighted by molar-refractivity contribution is 9.10. The van der Waals surface area contributed by atoms with E-state index >= 15 is 0 Å². The molecule has 2 aromatic rings. The third-order valence-corrected chi connectivity index (χ3v) is 7.94. The number of rotatable bonds is 4. The third-order valence-electron chi connectivity index (χ3n) is 6.50. The Morgan fingerprint density at radius 2 is 1.88 bits per heavy atom. The first-order valence-corrected chi connectivity index (χ1v) is 12.6. The van der Waals surface area contributed by atoms with Crippen LogP contribution in [-0.4, -0.2) is 28.1 Å². The van der Waals surface area contributed by atoms with E-state index in [0.717, 1.165) is 45.9 Å². The van der Waals surface area contributed by atoms with Crippen LogP contribution >= 0.6 is 27.7 Å². The number of hydrogen-bond donors (Lipinski definition) is 0. The molecule has 32 heavy (non-hydrogen) atoms. The summed E-state index contributed by atoms with van der Waals surface area (Å²) in [6.45, 7) is 12.4. The molecule has 4 rings (SSSR count). The Morgan fingerprint density at radius 3 is 2.53 bits per heavy atom. The number of amides is 2. The normalized spacial score (nSPS) is 21.4. The number of carbonyl (C=O) groups is 2. The van der Waals surface area contributed by atoms with Crippen LogP contribution in [0.4, 0.5) is 10.5 Å². The fourth-order valence-electron chi connectivity index (χ4n) is 4.95. The molecule has 0 saturated carbocycles. The molecule has 0 aromatic heterocycles. The van der Waals surface area contributed by atoms with Gasteiger partial charge in [0.2, 0.25) is 0 Å². The summed E-state index contributed by atoms with van der Waals surface area (Å²) >= 11 is 4.45. The Hall–Kier alpha value is -2.05. The van der Waals surface area contributed by atoms with Gasteiger partial charge in [0.15, 0.2) is 0 Å². The average molecular weight is 514 g/mol. The summed E-state index contributed by atoms with van der Waals surface area (Å²) in [6.07, 6.45) is 2.98. The van der Waals surface area contributed by atoms with Crippen molar-refractivity contribution >= 4 is 50.6 Å². The quantitative estimate of drug-likeness (QED) is 0.409. The van der Waals surface area contributed by atoms with E-state index in [2.05, 4.69) is 67.6 Å². The fraction of sp³-hybridized carbons (Fsp3) is 0.385. The van der Waals surface area contributed by atoms with Crippen molar-refractivity contribution in [1.29, 1.82) is 0 Å². The Bertz CT molecular complexity index is 1110. The average Bonchev–Trinajstić information content (AvgIpc) is 2.98. The van der Waals surface area contributed by atoms with Crippen LogP contribution in [0.25, 0.3) is 6.08 Å². The van der Waals surface area contributed by atoms with Crippen LogP contribution in [0.1, 0.15) is 62.3 Å². The molecule has 2 aliphatic heterocycles. The summed E-state index contributed by atoms with van der Waals surface area (Å²) in [4.78, 5) is 29.9. The predicted molar refractivity (Wildman–Crippen MR) is 137 cm³/mol. The third kappa shape index (κ3) is 4.27. The second-order valence-corrected chi connectivity index (χ2v) is 11.2. The van der Waals surface area contributed by atoms with Gasteiger partial charge in [-0.1, -0.05) is 35.0 Å². The van der Waals surface area contributed by atoms with E-state index in [9.17, 15) is 9.59 Å². The van der Waals surface area contributed by atoms with Gasteiger partial charge < -0.3 is 4.90 Å². The first-order valence-electron chi connectivity index (χ1n) is 11.0. The number of aryl methyl sites for hydroxylation is 1. The maximum absolute atomic E-state index is 13.0. The van der Waals surface area contributed by atoms with Gasteiger partial charge in [-0.05, 0) is 104 Å². The fourth-order valence-corrected chi connectivity index (χ4v) is 6.05. The van der Waals surface area contributed by atoms with E-state index in [0.29, 0.717) is 10.8 Å². The summed E-state index contributed by atoms with van der Waals surface area (Å²) in [5.74, 6) is 0.215. The Balaban J connectivity index is 1.64. The molecule has 0 radical (unpaired) electrons. The lowest BCUT2D eigenvalue weighted by Gasteiger charge is -2.47. The maximum Gasteiger partial charge on any atom is 0.293 e. The minimum atomic E-state index is -0.218. The van der Waals surface area contributed by atoms with Crippen molar-refractivity contribution in [1.82, 2.24) is 4.90 Å². The molecule has 1 unspecified atom stereocenters. The highest BCUT2D eigenvalue weighted by Crippen LogP contribution is 2.45. The van der Waals surface area contributed by atoms with Gasteiger partial charge in [-0.3, -0.25) is 14.5 Å². The number of thioether (sulfide) groups is 1. The molecular weight excluding hydrogens is 484 g/mol. The van der Waals surface area contributed by atoms with Gasteiger partial charge in [0.1, 0.15) is 0 Å². The number of anilines is 1. The highest BCUT2D eigenvalue weighted by Gasteiger charge is 2.37. The summed E-state index contributed by atoms with van der Waals surface area (Å²) in [5, 5.41) is -0.216. The lowest BCUT2D eigenvalue weighted by Crippen LogP contribution is -2.48. The summed E-state index contributed by atoms with van der Waals surface area (Å²) in [6, 6.07) is 12.1. The van der Waals surface area contributed by atoms with Crippen LogP contribution in [0.2, 0.25) is 0 Å². The largest absolute Gasteiger partial charge is 0.366 e. The SMILES string of the molecule is CCN1c2cc(C)c(/C=C3\SC(=O)N(Cc4ccc(Br)cc4)C3=O)cc2C(C)CC1(C)C. The van der Waals surface area contributed by atoms with Crippen molar-refractivity contribution in [3.8, 4) is 0 Å². The van der Waals surface area contributed by atoms with E-state index < -0.39 is 0 Å². The molecular formula is C26H29BrN2O2S. The second-order valence-electron chi connectivity index (χ2n) is 9.32. The second kappa shape index (κ2) is 8.71. The van der Waals surface area contributed by atoms with Crippen LogP contribution in [0.3, 0.4) is 0 Å². The van der Waals surface area contributed by atoms with Crippen LogP contribution in [0.15, 0.2) is 45.8 Å². The van der Waals surface area contributed by atoms with Gasteiger partial charge >= 0.3 is 0 Å². The molecule has 2 amide bonds. The number of carbonyl (C=O) groups excluding carboxylic acids is 2. The van der Waals surface area contributed by atoms with Crippen LogP contribution in [0, 0.1) is 6.92 Å². The maximum atomic E-state index is 13.0. The number of imide groups is 1. The van der Waals surface area contributed by atoms with E-state index in [1.165, 1.54) is 16.2 Å². The molecule has 0 bridgehead atoms. The van der Waals surface area contributed by atoms with Crippen LogP contribution in [-0.2, 0) is 11.3 Å². The Kier molecular flexibility index (Phi) is 6.29. The highest BCUT2D eigenvalue weighted by atomic mass is 79.9. The lowest BCUT2D eigenvalue weighted by atomic mass is 9.79. The van der Waals surface area contributed by atoms with Crippen molar-refractivity contribution in [2.75, 3.05) is 11.4 Å². The van der Waals surface area contributed by atoms with E-state index in [1.54, 1.807) is 0 Å². The van der Waals surface area contributed by atoms with Crippen LogP contribution in [0.5, 0.6) is 0 Å². The minimum absolute atomic E-state index is 0.116. The lowest BCUT2D eigenvalue weighted by molar-refractivity contribution is -0.123. The Labute approximate surface area is 203 Å². The first-order chi connectivity index (χ1) is 15.1. The zero-order valence-corrected chi connectivity index (χ0v) is 21.6. The zero-order chi connectivity index (χ0) is 23.2. The standard InChI is InChI=1S/C26H29BrN2O2S/c1-6-29-22-11-16(2)19(12-21(22)17(3)14-26(29,4)5)13-23-24(30)28(25(31)32-23)15-18-7-9-20(27)10-8-18/h7-13,17H,6,14-15H2,1-5H3/b23-13-. The number of nitrogens with zero attached hydrogens (tertiary/aromatic N) is 2. The molecule has 2 heterocycles. The Morgan fingerprint density at radius 1 is 1.19 bits per heavy atom. The molecule has 0 aliphatic carbocycles. The molecule has 1 atom stereocenters. The van der Waals surface area contributed by atoms with E-state index in [4.69, 9.17) is 0 Å². The predicted octanol–water partition coefficient (Wildman–Crippen LogP) is 7.11. The van der Waals surface area contributed by atoms with Crippen LogP contribution < -0.4 is 4.90 Å². The number of fused-ring (bicyclic) bond motifs is 1. The summed E-state index contributed by atoms with van der Waals surface area (Å²) in [5.41, 5.74) is 5.78. The van der Waals surface area contributed by atoms with Gasteiger partial charge in [-0.2, -0.15) is 0 Å². The number of hydrogen-bond acceptors (Lipinski definition) is 4. The summed E-state index contributed by atoms with van der Waals surface area (Å²) in [7, 11) is 0. The minimum Gasteiger partial charge on any atom is -0.366 e. The van der Waals surface area contributed by atoms with Crippen molar-refractivity contribution in [2.45, 2.75) is 59.0 Å². The van der Waals surface area contributed by atoms with Gasteiger partial charge in [0.25, 0.3) is 11.1 Å². The number of benzene rings is 2. The molecule has 1 saturated heterocycles. The monoisotopic (exact) mass is 512 g/mol. The number of halogens is 1. The van der Waals surface area contributed by atoms with E-state index in [-0.39, 0.29) is 23.2 Å². The van der Waals surface area contributed by atoms with Gasteiger partial charge in [-0.15, -0.1) is 0 Å². The van der Waals surface area contributed by atoms with Crippen molar-refractivity contribution < 1.29 is 9.59 Å². The molecule has 1 fully saturated rings. The van der Waals surface area contributed by atoms with Gasteiger partial charge in [0, 0.05) is 22.2 Å². The molecule has 6 heteroatoms. The molecule has 2 aliphatic rings. The summed E-state index contributed by atoms with van der Waals surface area (Å²) < 4.78 is 0.970. The molecule has 168 valence electrons. The van der Waals surface area contributed by atoms with Crippen molar-refractivity contribution in [3.05, 3.63) is 68.0 Å². The molecule has 0 spiro atoms. The molecule has 0 N–H and O–H groups in total. The van der Waals surface area contributed by atoms with Gasteiger partial charge in [0.05, 0.1) is 11.4 Å². The smallest absolute Gasteiger partial charge is 0.293 e. The van der Waals surface area contributed by atoms with Crippen molar-refractivity contribution in [3.63, 3.8) is 0 Å². The van der Waals surface area contributed by atoms with Gasteiger partial charge in [-0.25, -0.2) is 0 Å². The van der Waals surface area contributed by atoms with E-state index in [1.807, 2.05) is 30.3 Å². The molecule has 4 nitrogen and oxygen atoms in total. The van der Waals surface area contributed by atoms with Crippen molar-refractivity contribution in [2.24, 2.45) is 0 Å². The zero-order valence-electron chi connectivity index (χ0n) is 19.2. The molecule has 2 aromatic carbocycles. The first kappa shape index (κ1) is 23.1. The topological polar surface area (TPSA) is 40.6 Å².